The molecule has 2 N–H and O–H groups in total. The number of para-hydroxylation sites is 1. The number of ether oxygens (including phenoxy) is 1. The molecule has 0 aliphatic rings. The molecule has 10 heteroatoms. The van der Waals surface area contributed by atoms with Gasteiger partial charge in [0.1, 0.15) is 5.69 Å². The highest BCUT2D eigenvalue weighted by Crippen LogP contribution is 2.30. The number of hydrogen-bond donors (Lipinski definition) is 2. The van der Waals surface area contributed by atoms with E-state index in [-0.39, 0.29) is 17.2 Å². The van der Waals surface area contributed by atoms with E-state index < -0.39 is 21.2 Å². The Hall–Kier alpha value is -3.69. The lowest BCUT2D eigenvalue weighted by atomic mass is 10.2. The molecule has 2 aromatic carbocycles. The Morgan fingerprint density at radius 3 is 2.58 bits per heavy atom. The molecule has 0 heterocycles. The summed E-state index contributed by atoms with van der Waals surface area (Å²) in [6.45, 7) is 0. The van der Waals surface area contributed by atoms with Crippen LogP contribution in [0.15, 0.2) is 41.5 Å². The second kappa shape index (κ2) is 7.05. The fourth-order valence-corrected chi connectivity index (χ4v) is 1.86. The first kappa shape index (κ1) is 16.7. The van der Waals surface area contributed by atoms with Gasteiger partial charge in [-0.05, 0) is 18.2 Å². The molecular formula is C14H12N4O6. The van der Waals surface area contributed by atoms with E-state index in [9.17, 15) is 25.3 Å². The van der Waals surface area contributed by atoms with Crippen LogP contribution in [-0.4, -0.2) is 28.3 Å². The van der Waals surface area contributed by atoms with E-state index in [4.69, 9.17) is 4.74 Å². The largest absolute Gasteiger partial charge is 0.504 e. The average Bonchev–Trinajstić information content (AvgIpc) is 2.56. The SMILES string of the molecule is COc1cccc(/C=N/Nc2ccc([N+](=O)[O-])cc2[N+](=O)[O-])c1O. The van der Waals surface area contributed by atoms with Crippen LogP contribution in [0.3, 0.4) is 0 Å². The number of nitrogens with zero attached hydrogens (tertiary/aromatic N) is 3. The van der Waals surface area contributed by atoms with E-state index in [0.717, 1.165) is 12.1 Å². The summed E-state index contributed by atoms with van der Waals surface area (Å²) in [6.07, 6.45) is 1.24. The number of benzene rings is 2. The van der Waals surface area contributed by atoms with Crippen LogP contribution in [0.25, 0.3) is 0 Å². The van der Waals surface area contributed by atoms with Crippen LogP contribution in [0.5, 0.6) is 11.5 Å². The molecule has 0 aliphatic heterocycles. The third-order valence-electron chi connectivity index (χ3n) is 3.03. The third kappa shape index (κ3) is 3.55. The zero-order valence-corrected chi connectivity index (χ0v) is 12.4. The number of aromatic hydroxyl groups is 1. The molecule has 0 aromatic heterocycles. The predicted molar refractivity (Wildman–Crippen MR) is 85.6 cm³/mol. The number of methoxy groups -OCH3 is 1. The van der Waals surface area contributed by atoms with Crippen LogP contribution >= 0.6 is 0 Å². The van der Waals surface area contributed by atoms with Crippen molar-refractivity contribution in [2.45, 2.75) is 0 Å². The molecule has 124 valence electrons. The number of anilines is 1. The van der Waals surface area contributed by atoms with Crippen molar-refractivity contribution < 1.29 is 19.7 Å². The van der Waals surface area contributed by atoms with Gasteiger partial charge in [-0.15, -0.1) is 0 Å². The summed E-state index contributed by atoms with van der Waals surface area (Å²) in [7, 11) is 1.40. The van der Waals surface area contributed by atoms with E-state index in [2.05, 4.69) is 10.5 Å². The van der Waals surface area contributed by atoms with Gasteiger partial charge in [-0.25, -0.2) is 0 Å². The van der Waals surface area contributed by atoms with E-state index in [0.29, 0.717) is 5.56 Å². The van der Waals surface area contributed by atoms with Crippen LogP contribution in [-0.2, 0) is 0 Å². The molecular weight excluding hydrogens is 320 g/mol. The summed E-state index contributed by atoms with van der Waals surface area (Å²) in [6, 6.07) is 7.89. The van der Waals surface area contributed by atoms with Crippen LogP contribution in [0, 0.1) is 20.2 Å². The molecule has 2 rings (SSSR count). The smallest absolute Gasteiger partial charge is 0.301 e. The number of phenolic OH excluding ortho intramolecular Hbond substituents is 1. The number of rotatable bonds is 6. The Morgan fingerprint density at radius 2 is 1.96 bits per heavy atom. The summed E-state index contributed by atoms with van der Waals surface area (Å²) in [4.78, 5) is 20.2. The normalized spacial score (nSPS) is 10.5. The summed E-state index contributed by atoms with van der Waals surface area (Å²) in [5, 5.41) is 35.4. The second-order valence-corrected chi connectivity index (χ2v) is 4.48. The maximum absolute atomic E-state index is 11.0. The maximum Gasteiger partial charge on any atom is 0.301 e. The van der Waals surface area contributed by atoms with Gasteiger partial charge in [0.25, 0.3) is 5.69 Å². The van der Waals surface area contributed by atoms with Crippen molar-refractivity contribution in [2.75, 3.05) is 12.5 Å². The molecule has 0 radical (unpaired) electrons. The fraction of sp³-hybridized carbons (Fsp3) is 0.0714. The zero-order valence-electron chi connectivity index (χ0n) is 12.4. The number of nitrogens with one attached hydrogen (secondary N) is 1. The molecule has 0 fully saturated rings. The van der Waals surface area contributed by atoms with Gasteiger partial charge < -0.3 is 9.84 Å². The standard InChI is InChI=1S/C14H12N4O6/c1-24-13-4-2-3-9(14(13)19)8-15-16-11-6-5-10(17(20)21)7-12(11)18(22)23/h2-8,16,19H,1H3/b15-8+. The molecule has 0 bridgehead atoms. The van der Waals surface area contributed by atoms with E-state index >= 15 is 0 Å². The summed E-state index contributed by atoms with van der Waals surface area (Å²) < 4.78 is 4.95. The van der Waals surface area contributed by atoms with Gasteiger partial charge in [-0.1, -0.05) is 6.07 Å². The van der Waals surface area contributed by atoms with Crippen molar-refractivity contribution >= 4 is 23.3 Å². The number of non-ortho nitro benzene ring substituents is 1. The number of phenols is 1. The molecule has 0 amide bonds. The molecule has 0 unspecified atom stereocenters. The summed E-state index contributed by atoms with van der Waals surface area (Å²) in [5.74, 6) is 0.115. The first-order chi connectivity index (χ1) is 11.4. The van der Waals surface area contributed by atoms with Crippen molar-refractivity contribution in [2.24, 2.45) is 5.10 Å². The number of hydrazone groups is 1. The molecule has 2 aromatic rings. The summed E-state index contributed by atoms with van der Waals surface area (Å²) in [5.41, 5.74) is 1.84. The van der Waals surface area contributed by atoms with Gasteiger partial charge in [0.05, 0.1) is 29.2 Å². The van der Waals surface area contributed by atoms with Crippen molar-refractivity contribution in [3.8, 4) is 11.5 Å². The fourth-order valence-electron chi connectivity index (χ4n) is 1.86. The highest BCUT2D eigenvalue weighted by molar-refractivity contribution is 5.85. The number of hydrogen-bond acceptors (Lipinski definition) is 8. The van der Waals surface area contributed by atoms with Crippen LogP contribution < -0.4 is 10.2 Å². The molecule has 0 aliphatic carbocycles. The Labute approximate surface area is 135 Å². The second-order valence-electron chi connectivity index (χ2n) is 4.48. The van der Waals surface area contributed by atoms with Gasteiger partial charge in [-0.3, -0.25) is 25.7 Å². The van der Waals surface area contributed by atoms with E-state index in [1.54, 1.807) is 18.2 Å². The lowest BCUT2D eigenvalue weighted by Crippen LogP contribution is -1.99. The van der Waals surface area contributed by atoms with Crippen LogP contribution in [0.1, 0.15) is 5.56 Å². The Morgan fingerprint density at radius 1 is 1.21 bits per heavy atom. The molecule has 0 saturated heterocycles. The van der Waals surface area contributed by atoms with Gasteiger partial charge >= 0.3 is 5.69 Å². The zero-order chi connectivity index (χ0) is 17.7. The van der Waals surface area contributed by atoms with Crippen molar-refractivity contribution in [3.63, 3.8) is 0 Å². The first-order valence-electron chi connectivity index (χ1n) is 6.52. The topological polar surface area (TPSA) is 140 Å². The van der Waals surface area contributed by atoms with Gasteiger partial charge in [-0.2, -0.15) is 5.10 Å². The average molecular weight is 332 g/mol. The summed E-state index contributed by atoms with van der Waals surface area (Å²) >= 11 is 0. The lowest BCUT2D eigenvalue weighted by Gasteiger charge is -2.05. The minimum absolute atomic E-state index is 0.0239. The Balaban J connectivity index is 2.26. The van der Waals surface area contributed by atoms with Crippen molar-refractivity contribution in [3.05, 3.63) is 62.2 Å². The van der Waals surface area contributed by atoms with Crippen LogP contribution in [0.4, 0.5) is 17.1 Å². The van der Waals surface area contributed by atoms with E-state index in [1.807, 2.05) is 0 Å². The molecule has 10 nitrogen and oxygen atoms in total. The van der Waals surface area contributed by atoms with Crippen molar-refractivity contribution in [1.29, 1.82) is 0 Å². The maximum atomic E-state index is 11.0. The van der Waals surface area contributed by atoms with Crippen molar-refractivity contribution in [1.82, 2.24) is 0 Å². The highest BCUT2D eigenvalue weighted by Gasteiger charge is 2.19. The van der Waals surface area contributed by atoms with Gasteiger partial charge in [0.15, 0.2) is 11.5 Å². The lowest BCUT2D eigenvalue weighted by molar-refractivity contribution is -0.393. The Kier molecular flexibility index (Phi) is 4.90. The predicted octanol–water partition coefficient (Wildman–Crippen LogP) is 2.66. The third-order valence-corrected chi connectivity index (χ3v) is 3.03. The van der Waals surface area contributed by atoms with Gasteiger partial charge in [0, 0.05) is 11.6 Å². The molecule has 0 spiro atoms. The number of nitro benzene ring substituents is 2. The quantitative estimate of drug-likeness (QED) is 0.470. The minimum Gasteiger partial charge on any atom is -0.504 e. The minimum atomic E-state index is -0.756. The van der Waals surface area contributed by atoms with Crippen LogP contribution in [0.2, 0.25) is 0 Å². The first-order valence-corrected chi connectivity index (χ1v) is 6.52. The Bertz CT molecular complexity index is 821. The molecule has 24 heavy (non-hydrogen) atoms. The van der Waals surface area contributed by atoms with Gasteiger partial charge in [0.2, 0.25) is 0 Å². The van der Waals surface area contributed by atoms with E-state index in [1.165, 1.54) is 19.4 Å². The monoisotopic (exact) mass is 332 g/mol. The molecule has 0 saturated carbocycles. The number of nitro groups is 2. The molecule has 0 atom stereocenters. The highest BCUT2D eigenvalue weighted by atomic mass is 16.6.